The van der Waals surface area contributed by atoms with Crippen molar-refractivity contribution in [2.24, 2.45) is 5.14 Å². The number of sulfonamides is 1. The number of hydrogen-bond acceptors (Lipinski definition) is 5. The Morgan fingerprint density at radius 3 is 2.32 bits per heavy atom. The van der Waals surface area contributed by atoms with Crippen LogP contribution in [0.4, 0.5) is 5.69 Å². The van der Waals surface area contributed by atoms with Gasteiger partial charge in [0.2, 0.25) is 21.8 Å². The second-order valence-corrected chi connectivity index (χ2v) is 9.38. The number of anilines is 1. The molecule has 2 amide bonds. The van der Waals surface area contributed by atoms with Crippen LogP contribution >= 0.6 is 0 Å². The fourth-order valence-corrected chi connectivity index (χ4v) is 4.07. The molecule has 0 aromatic heterocycles. The van der Waals surface area contributed by atoms with Crippen LogP contribution in [-0.4, -0.2) is 62.3 Å². The highest BCUT2D eigenvalue weighted by molar-refractivity contribution is 7.89. The molecule has 2 aromatic carbocycles. The Morgan fingerprint density at radius 1 is 1.06 bits per heavy atom. The number of benzene rings is 2. The van der Waals surface area contributed by atoms with Crippen LogP contribution in [0.2, 0.25) is 0 Å². The standard InChI is InChI=1S/C22H28N4O4S/c1-16-6-8-18(9-7-16)14-21(27)26-12-10-25(11-13-26)17(2)22(28)24-19-4-3-5-20(15-19)31(23,29)30/h3-9,15,17H,10-14H2,1-2H3,(H,24,28)(H2,23,29,30). The summed E-state index contributed by atoms with van der Waals surface area (Å²) in [7, 11) is -3.84. The first-order valence-corrected chi connectivity index (χ1v) is 11.7. The number of primary sulfonamides is 1. The van der Waals surface area contributed by atoms with Crippen molar-refractivity contribution in [1.82, 2.24) is 9.80 Å². The van der Waals surface area contributed by atoms with E-state index in [4.69, 9.17) is 5.14 Å². The average Bonchev–Trinajstić information content (AvgIpc) is 2.74. The third kappa shape index (κ3) is 6.13. The second-order valence-electron chi connectivity index (χ2n) is 7.82. The van der Waals surface area contributed by atoms with E-state index >= 15 is 0 Å². The molecule has 1 unspecified atom stereocenters. The number of amides is 2. The number of carbonyl (C=O) groups is 2. The molecule has 31 heavy (non-hydrogen) atoms. The molecule has 1 atom stereocenters. The van der Waals surface area contributed by atoms with Gasteiger partial charge in [0.1, 0.15) is 0 Å². The molecule has 0 bridgehead atoms. The van der Waals surface area contributed by atoms with Gasteiger partial charge in [0.15, 0.2) is 0 Å². The molecule has 9 heteroatoms. The molecule has 0 aliphatic carbocycles. The Kier molecular flexibility index (Phi) is 7.09. The third-order valence-corrected chi connectivity index (χ3v) is 6.41. The highest BCUT2D eigenvalue weighted by atomic mass is 32.2. The van der Waals surface area contributed by atoms with Crippen LogP contribution < -0.4 is 10.5 Å². The molecule has 1 aliphatic rings. The summed E-state index contributed by atoms with van der Waals surface area (Å²) in [6.07, 6.45) is 0.372. The summed E-state index contributed by atoms with van der Waals surface area (Å²) in [4.78, 5) is 29.0. The van der Waals surface area contributed by atoms with Crippen molar-refractivity contribution < 1.29 is 18.0 Å². The highest BCUT2D eigenvalue weighted by Gasteiger charge is 2.27. The Morgan fingerprint density at radius 2 is 1.71 bits per heavy atom. The summed E-state index contributed by atoms with van der Waals surface area (Å²) in [5.41, 5.74) is 2.52. The first-order chi connectivity index (χ1) is 14.6. The number of piperazine rings is 1. The van der Waals surface area contributed by atoms with Crippen LogP contribution in [0.1, 0.15) is 18.1 Å². The molecule has 1 saturated heterocycles. The normalized spacial score (nSPS) is 16.0. The van der Waals surface area contributed by atoms with Crippen LogP contribution in [0.15, 0.2) is 53.4 Å². The van der Waals surface area contributed by atoms with Gasteiger partial charge in [-0.15, -0.1) is 0 Å². The summed E-state index contributed by atoms with van der Waals surface area (Å²) in [5, 5.41) is 7.89. The minimum Gasteiger partial charge on any atom is -0.340 e. The molecule has 1 heterocycles. The van der Waals surface area contributed by atoms with Gasteiger partial charge < -0.3 is 10.2 Å². The predicted molar refractivity (Wildman–Crippen MR) is 119 cm³/mol. The average molecular weight is 445 g/mol. The van der Waals surface area contributed by atoms with Gasteiger partial charge >= 0.3 is 0 Å². The maximum atomic E-state index is 12.6. The van der Waals surface area contributed by atoms with Gasteiger partial charge in [0, 0.05) is 31.9 Å². The van der Waals surface area contributed by atoms with Crippen molar-refractivity contribution in [2.45, 2.75) is 31.2 Å². The van der Waals surface area contributed by atoms with E-state index in [0.29, 0.717) is 38.3 Å². The van der Waals surface area contributed by atoms with E-state index in [0.717, 1.165) is 11.1 Å². The first-order valence-electron chi connectivity index (χ1n) is 10.1. The molecule has 1 aliphatic heterocycles. The molecular formula is C22H28N4O4S. The van der Waals surface area contributed by atoms with Gasteiger partial charge in [0.05, 0.1) is 17.4 Å². The van der Waals surface area contributed by atoms with Crippen LogP contribution in [-0.2, 0) is 26.0 Å². The fourth-order valence-electron chi connectivity index (χ4n) is 3.51. The lowest BCUT2D eigenvalue weighted by atomic mass is 10.1. The van der Waals surface area contributed by atoms with E-state index in [1.165, 1.54) is 18.2 Å². The van der Waals surface area contributed by atoms with E-state index in [2.05, 4.69) is 5.32 Å². The largest absolute Gasteiger partial charge is 0.340 e. The van der Waals surface area contributed by atoms with Crippen LogP contribution in [0, 0.1) is 6.92 Å². The lowest BCUT2D eigenvalue weighted by molar-refractivity contribution is -0.133. The SMILES string of the molecule is Cc1ccc(CC(=O)N2CCN(C(C)C(=O)Nc3cccc(S(N)(=O)=O)c3)CC2)cc1. The van der Waals surface area contributed by atoms with Gasteiger partial charge in [-0.1, -0.05) is 35.9 Å². The number of nitrogens with zero attached hydrogens (tertiary/aromatic N) is 2. The lowest BCUT2D eigenvalue weighted by Gasteiger charge is -2.37. The minimum absolute atomic E-state index is 0.0568. The van der Waals surface area contributed by atoms with E-state index in [9.17, 15) is 18.0 Å². The van der Waals surface area contributed by atoms with E-state index in [1.807, 2.05) is 41.0 Å². The number of nitrogens with two attached hydrogens (primary N) is 1. The Hall–Kier alpha value is -2.75. The molecular weight excluding hydrogens is 416 g/mol. The van der Waals surface area contributed by atoms with Gasteiger partial charge in [-0.3, -0.25) is 14.5 Å². The smallest absolute Gasteiger partial charge is 0.241 e. The summed E-state index contributed by atoms with van der Waals surface area (Å²) in [6.45, 7) is 6.10. The summed E-state index contributed by atoms with van der Waals surface area (Å²) in [5.74, 6) is -0.161. The fraction of sp³-hybridized carbons (Fsp3) is 0.364. The van der Waals surface area contributed by atoms with E-state index in [-0.39, 0.29) is 16.7 Å². The van der Waals surface area contributed by atoms with E-state index < -0.39 is 16.1 Å². The van der Waals surface area contributed by atoms with Gasteiger partial charge in [-0.05, 0) is 37.6 Å². The molecule has 0 saturated carbocycles. The number of nitrogens with one attached hydrogen (secondary N) is 1. The number of carbonyl (C=O) groups excluding carboxylic acids is 2. The highest BCUT2D eigenvalue weighted by Crippen LogP contribution is 2.16. The van der Waals surface area contributed by atoms with Crippen molar-refractivity contribution in [3.8, 4) is 0 Å². The zero-order valence-corrected chi connectivity index (χ0v) is 18.6. The van der Waals surface area contributed by atoms with Crippen molar-refractivity contribution in [1.29, 1.82) is 0 Å². The first kappa shape index (κ1) is 22.9. The Balaban J connectivity index is 1.52. The zero-order valence-electron chi connectivity index (χ0n) is 17.7. The molecule has 2 aromatic rings. The van der Waals surface area contributed by atoms with Crippen molar-refractivity contribution in [2.75, 3.05) is 31.5 Å². The predicted octanol–water partition coefficient (Wildman–Crippen LogP) is 1.36. The number of aryl methyl sites for hydroxylation is 1. The maximum absolute atomic E-state index is 12.6. The lowest BCUT2D eigenvalue weighted by Crippen LogP contribution is -2.54. The second kappa shape index (κ2) is 9.59. The molecule has 8 nitrogen and oxygen atoms in total. The maximum Gasteiger partial charge on any atom is 0.241 e. The molecule has 3 rings (SSSR count). The van der Waals surface area contributed by atoms with Crippen molar-refractivity contribution >= 4 is 27.5 Å². The van der Waals surface area contributed by atoms with Crippen LogP contribution in [0.5, 0.6) is 0 Å². The Bertz CT molecular complexity index is 1050. The van der Waals surface area contributed by atoms with Gasteiger partial charge in [-0.25, -0.2) is 13.6 Å². The number of hydrogen-bond donors (Lipinski definition) is 2. The molecule has 3 N–H and O–H groups in total. The molecule has 1 fully saturated rings. The third-order valence-electron chi connectivity index (χ3n) is 5.50. The minimum atomic E-state index is -3.84. The van der Waals surface area contributed by atoms with Crippen molar-refractivity contribution in [3.63, 3.8) is 0 Å². The Labute approximate surface area is 183 Å². The summed E-state index contributed by atoms with van der Waals surface area (Å²) in [6, 6.07) is 13.4. The van der Waals surface area contributed by atoms with Crippen LogP contribution in [0.25, 0.3) is 0 Å². The summed E-state index contributed by atoms with van der Waals surface area (Å²) >= 11 is 0. The van der Waals surface area contributed by atoms with Crippen molar-refractivity contribution in [3.05, 3.63) is 59.7 Å². The zero-order chi connectivity index (χ0) is 22.6. The van der Waals surface area contributed by atoms with Gasteiger partial charge in [-0.2, -0.15) is 0 Å². The van der Waals surface area contributed by atoms with E-state index in [1.54, 1.807) is 13.0 Å². The molecule has 0 spiro atoms. The molecule has 166 valence electrons. The van der Waals surface area contributed by atoms with Crippen LogP contribution in [0.3, 0.4) is 0 Å². The number of rotatable bonds is 6. The molecule has 0 radical (unpaired) electrons. The van der Waals surface area contributed by atoms with Gasteiger partial charge in [0.25, 0.3) is 0 Å². The quantitative estimate of drug-likeness (QED) is 0.699. The summed E-state index contributed by atoms with van der Waals surface area (Å²) < 4.78 is 23.0. The topological polar surface area (TPSA) is 113 Å². The monoisotopic (exact) mass is 444 g/mol.